The van der Waals surface area contributed by atoms with Crippen LogP contribution in [-0.2, 0) is 97.0 Å². The Labute approximate surface area is 691 Å². The van der Waals surface area contributed by atoms with Crippen molar-refractivity contribution in [1.82, 2.24) is 83.6 Å². The zero-order valence-corrected chi connectivity index (χ0v) is 69.3. The molecule has 8 aromatic heterocycles. The lowest BCUT2D eigenvalue weighted by Crippen LogP contribution is -2.40. The van der Waals surface area contributed by atoms with Gasteiger partial charge in [0.05, 0.1) is 159 Å². The number of hydrogen-bond acceptors (Lipinski definition) is 26. The first-order valence-corrected chi connectivity index (χ1v) is 39.4. The summed E-state index contributed by atoms with van der Waals surface area (Å²) in [5.41, 5.74) is 6.11. The lowest BCUT2D eigenvalue weighted by Gasteiger charge is -2.32. The summed E-state index contributed by atoms with van der Waals surface area (Å²) in [6.45, 7) is 13.1. The van der Waals surface area contributed by atoms with Gasteiger partial charge in [-0.1, -0.05) is 5.16 Å². The van der Waals surface area contributed by atoms with E-state index in [1.165, 1.54) is 55.2 Å². The molecule has 1 saturated heterocycles. The molecule has 9 heterocycles. The van der Waals surface area contributed by atoms with Crippen LogP contribution in [0.2, 0.25) is 0 Å². The molecule has 9 amide bonds. The van der Waals surface area contributed by atoms with Crippen LogP contribution in [0.1, 0.15) is 121 Å². The molecule has 41 nitrogen and oxygen atoms in total. The standard InChI is InChI=1S/C79H107N21O20/c1-50(48-110-9)100-70-56-42-62(111-10)57(69-51(2)93-120-52(69)3)41-58(56)85-43-59(70)88-71(100)53-14-21-99(22-15-53)68(104)49-119-38-37-118-36-35-117-34-33-116-32-31-115-30-29-114-28-27-113-26-25-112-24-20-80-65(101)11-16-84-77(107)73-91-63(46-97(73)7)89-66(102)12-17-83-76(106)61-40-55(45-96(61)6)87-79(109)74-92-64(47-98(74)8)90-67(103)13-18-82-75(105)60-39-54(44-95(60)5)86-78(108)72-81-19-23-94(72)4/h19,23,39-47,50,53H,11-18,20-22,24-38,48-49H2,1-10H3,(H,80,101)(H,82,105)(H,83,106)(H,84,107)(H,86,108)(H,87,109)(H,89,102)(H,90,103)/t50-/m1/s1. The Morgan fingerprint density at radius 3 is 1.49 bits per heavy atom. The molecule has 8 N–H and O–H groups in total. The quantitative estimate of drug-likeness (QED) is 0.0252. The average Bonchev–Trinajstić information content (AvgIpc) is 1.57. The number of methoxy groups -OCH3 is 2. The Balaban J connectivity index is 0.476. The molecule has 1 aromatic carbocycles. The van der Waals surface area contributed by atoms with Gasteiger partial charge >= 0.3 is 0 Å². The Bertz CT molecular complexity index is 4950. The summed E-state index contributed by atoms with van der Waals surface area (Å²) in [5, 5.41) is 26.4. The highest BCUT2D eigenvalue weighted by molar-refractivity contribution is 6.07. The van der Waals surface area contributed by atoms with Gasteiger partial charge in [-0.05, 0) is 57.9 Å². The number of imidazole rings is 4. The maximum absolute atomic E-state index is 13.3. The highest BCUT2D eigenvalue weighted by atomic mass is 16.6. The lowest BCUT2D eigenvalue weighted by atomic mass is 9.95. The lowest BCUT2D eigenvalue weighted by molar-refractivity contribution is -0.137. The summed E-state index contributed by atoms with van der Waals surface area (Å²) >= 11 is 0. The summed E-state index contributed by atoms with van der Waals surface area (Å²) in [5.74, 6) is -1.26. The van der Waals surface area contributed by atoms with Crippen LogP contribution >= 0.6 is 0 Å². The smallest absolute Gasteiger partial charge is 0.291 e. The average molecular weight is 1670 g/mol. The van der Waals surface area contributed by atoms with Crippen LogP contribution in [0.4, 0.5) is 23.0 Å². The molecule has 0 radical (unpaired) electrons. The largest absolute Gasteiger partial charge is 0.496 e. The summed E-state index contributed by atoms with van der Waals surface area (Å²) in [4.78, 5) is 140. The van der Waals surface area contributed by atoms with Crippen LogP contribution in [0.25, 0.3) is 33.1 Å². The molecular weight excluding hydrogens is 1560 g/mol. The molecule has 10 rings (SSSR count). The van der Waals surface area contributed by atoms with Crippen molar-refractivity contribution in [3.63, 3.8) is 0 Å². The number of anilines is 4. The van der Waals surface area contributed by atoms with Crippen molar-refractivity contribution in [3.05, 3.63) is 114 Å². The van der Waals surface area contributed by atoms with Crippen LogP contribution in [-0.4, -0.2) is 281 Å². The number of nitrogens with zero attached hydrogens (tertiary/aromatic N) is 13. The van der Waals surface area contributed by atoms with E-state index < -0.39 is 41.4 Å². The van der Waals surface area contributed by atoms with Crippen molar-refractivity contribution in [2.75, 3.05) is 187 Å². The van der Waals surface area contributed by atoms with Crippen molar-refractivity contribution in [2.24, 2.45) is 35.2 Å². The van der Waals surface area contributed by atoms with Gasteiger partial charge in [0, 0.05) is 155 Å². The van der Waals surface area contributed by atoms with Crippen LogP contribution < -0.4 is 47.3 Å². The van der Waals surface area contributed by atoms with E-state index in [1.54, 1.807) is 66.4 Å². The van der Waals surface area contributed by atoms with Crippen molar-refractivity contribution < 1.29 is 95.0 Å². The normalized spacial score (nSPS) is 12.6. The van der Waals surface area contributed by atoms with E-state index in [9.17, 15) is 43.2 Å². The Hall–Kier alpha value is -11.8. The van der Waals surface area contributed by atoms with Crippen molar-refractivity contribution in [1.29, 1.82) is 0 Å². The third-order valence-electron chi connectivity index (χ3n) is 19.2. The number of likely N-dealkylation sites (tertiary alicyclic amines) is 1. The molecule has 1 aliphatic rings. The third kappa shape index (κ3) is 25.6. The fourth-order valence-electron chi connectivity index (χ4n) is 13.3. The number of aromatic nitrogens is 12. The SMILES string of the molecule is COC[C@@H](C)n1c(C2CCN(C(=O)COCCOCCOCCOCCOCCOCCOCCOCCNC(=O)CCNC(=O)c3nc(NC(=O)CCNC(=O)c4cc(NC(=O)c5nc(NC(=O)CCNC(=O)c6cc(NC(=O)c7nccn7C)cn6C)cn5C)cn4C)cn3C)CC2)nc2cnc3cc(-c4c(C)noc4C)c(OC)cc3c21. The van der Waals surface area contributed by atoms with E-state index in [1.807, 2.05) is 37.1 Å². The molecule has 1 fully saturated rings. The maximum Gasteiger partial charge on any atom is 0.291 e. The van der Waals surface area contributed by atoms with Gasteiger partial charge in [-0.3, -0.25) is 48.1 Å². The van der Waals surface area contributed by atoms with Crippen molar-refractivity contribution in [3.8, 4) is 16.9 Å². The topological polar surface area (TPSA) is 465 Å². The molecule has 0 bridgehead atoms. The molecular formula is C79H107N21O20. The Morgan fingerprint density at radius 1 is 0.508 bits per heavy atom. The molecule has 1 aliphatic heterocycles. The first-order valence-electron chi connectivity index (χ1n) is 39.4. The van der Waals surface area contributed by atoms with E-state index in [4.69, 9.17) is 61.9 Å². The number of amides is 9. The number of carbonyl (C=O) groups excluding carboxylic acids is 9. The first kappa shape index (κ1) is 90.5. The molecule has 0 spiro atoms. The maximum atomic E-state index is 13.3. The van der Waals surface area contributed by atoms with Crippen molar-refractivity contribution >= 4 is 98.1 Å². The van der Waals surface area contributed by atoms with E-state index >= 15 is 0 Å². The summed E-state index contributed by atoms with van der Waals surface area (Å²) in [6, 6.07) is 6.95. The molecule has 9 aromatic rings. The zero-order chi connectivity index (χ0) is 85.6. The number of piperidine rings is 1. The van der Waals surface area contributed by atoms with Gasteiger partial charge in [-0.2, -0.15) is 0 Å². The summed E-state index contributed by atoms with van der Waals surface area (Å²) in [7, 11) is 11.4. The number of pyridine rings is 1. The zero-order valence-electron chi connectivity index (χ0n) is 69.3. The highest BCUT2D eigenvalue weighted by Gasteiger charge is 2.32. The molecule has 648 valence electrons. The van der Waals surface area contributed by atoms with Crippen LogP contribution in [0, 0.1) is 13.8 Å². The van der Waals surface area contributed by atoms with E-state index in [0.717, 1.165) is 57.4 Å². The second kappa shape index (κ2) is 45.4. The number of ether oxygens (including phenoxy) is 10. The van der Waals surface area contributed by atoms with Gasteiger partial charge < -0.3 is 127 Å². The fourth-order valence-corrected chi connectivity index (χ4v) is 13.3. The molecule has 0 saturated carbocycles. The molecule has 0 aliphatic carbocycles. The van der Waals surface area contributed by atoms with E-state index in [-0.39, 0.29) is 135 Å². The Kier molecular flexibility index (Phi) is 34.2. The van der Waals surface area contributed by atoms with E-state index in [0.29, 0.717) is 123 Å². The number of aryl methyl sites for hydroxylation is 7. The first-order chi connectivity index (χ1) is 58.0. The second-order valence-electron chi connectivity index (χ2n) is 28.2. The summed E-state index contributed by atoms with van der Waals surface area (Å²) < 4.78 is 71.5. The number of rotatable bonds is 50. The van der Waals surface area contributed by atoms with E-state index in [2.05, 4.69) is 74.1 Å². The number of fused-ring (bicyclic) bond motifs is 3. The minimum absolute atomic E-state index is 0.00745. The van der Waals surface area contributed by atoms with Gasteiger partial charge in [-0.25, -0.2) is 19.9 Å². The predicted octanol–water partition coefficient (Wildman–Crippen LogP) is 3.75. The number of nitrogens with one attached hydrogen (secondary N) is 8. The molecule has 41 heteroatoms. The Morgan fingerprint density at radius 2 is 1.00 bits per heavy atom. The monoisotopic (exact) mass is 1670 g/mol. The third-order valence-corrected chi connectivity index (χ3v) is 19.2. The summed E-state index contributed by atoms with van der Waals surface area (Å²) in [6.07, 6.45) is 12.1. The number of carbonyl (C=O) groups is 9. The van der Waals surface area contributed by atoms with Gasteiger partial charge in [0.1, 0.15) is 40.8 Å². The molecule has 0 unspecified atom stereocenters. The number of benzene rings is 1. The minimum Gasteiger partial charge on any atom is -0.496 e. The van der Waals surface area contributed by atoms with Gasteiger partial charge in [0.15, 0.2) is 17.5 Å². The van der Waals surface area contributed by atoms with Crippen LogP contribution in [0.5, 0.6) is 5.75 Å². The predicted molar refractivity (Wildman–Crippen MR) is 436 cm³/mol. The number of hydrogen-bond donors (Lipinski definition) is 8. The molecule has 1 atom stereocenters. The molecule has 120 heavy (non-hydrogen) atoms. The van der Waals surface area contributed by atoms with Crippen molar-refractivity contribution in [2.45, 2.75) is 64.8 Å². The van der Waals surface area contributed by atoms with Gasteiger partial charge in [0.25, 0.3) is 29.5 Å². The van der Waals surface area contributed by atoms with Crippen LogP contribution in [0.3, 0.4) is 0 Å². The second-order valence-corrected chi connectivity index (χ2v) is 28.2. The van der Waals surface area contributed by atoms with Gasteiger partial charge in [-0.15, -0.1) is 0 Å². The van der Waals surface area contributed by atoms with Crippen LogP contribution in [0.15, 0.2) is 72.2 Å². The fraction of sp³-hybridized carbons (Fsp3) is 0.506. The highest BCUT2D eigenvalue weighted by Crippen LogP contribution is 2.41. The van der Waals surface area contributed by atoms with Gasteiger partial charge in [0.2, 0.25) is 35.3 Å². The minimum atomic E-state index is -0.641.